The third kappa shape index (κ3) is 1.93. The highest BCUT2D eigenvalue weighted by atomic mass is 79.9. The van der Waals surface area contributed by atoms with Crippen molar-refractivity contribution in [1.82, 2.24) is 0 Å². The maximum Gasteiger partial charge on any atom is 0.182 e. The standard InChI is InChI=1S/C9H8BrClO/c10-7-2-1-3-8(6-7)12-9(11)4-5-9/h1-3,6H,4-5H2. The van der Waals surface area contributed by atoms with Crippen LogP contribution in [-0.2, 0) is 0 Å². The van der Waals surface area contributed by atoms with Gasteiger partial charge in [-0.15, -0.1) is 0 Å². The van der Waals surface area contributed by atoms with Crippen LogP contribution in [0.5, 0.6) is 5.75 Å². The minimum Gasteiger partial charge on any atom is -0.472 e. The zero-order valence-corrected chi connectivity index (χ0v) is 8.73. The van der Waals surface area contributed by atoms with Crippen molar-refractivity contribution in [2.45, 2.75) is 17.9 Å². The van der Waals surface area contributed by atoms with Gasteiger partial charge in [0.05, 0.1) is 0 Å². The maximum atomic E-state index is 5.99. The average molecular weight is 248 g/mol. The summed E-state index contributed by atoms with van der Waals surface area (Å²) in [5, 5.41) is -0.402. The largest absolute Gasteiger partial charge is 0.472 e. The van der Waals surface area contributed by atoms with Crippen molar-refractivity contribution in [2.75, 3.05) is 0 Å². The van der Waals surface area contributed by atoms with Gasteiger partial charge in [-0.05, 0) is 18.2 Å². The van der Waals surface area contributed by atoms with E-state index < -0.39 is 5.06 Å². The summed E-state index contributed by atoms with van der Waals surface area (Å²) >= 11 is 9.36. The average Bonchev–Trinajstić information content (AvgIpc) is 2.67. The van der Waals surface area contributed by atoms with Crippen molar-refractivity contribution in [1.29, 1.82) is 0 Å². The molecule has 0 unspecified atom stereocenters. The highest BCUT2D eigenvalue weighted by molar-refractivity contribution is 9.10. The van der Waals surface area contributed by atoms with Gasteiger partial charge in [0.1, 0.15) is 5.75 Å². The van der Waals surface area contributed by atoms with E-state index >= 15 is 0 Å². The van der Waals surface area contributed by atoms with Crippen molar-refractivity contribution in [3.8, 4) is 5.75 Å². The molecule has 3 heteroatoms. The number of hydrogen-bond donors (Lipinski definition) is 0. The van der Waals surface area contributed by atoms with E-state index in [9.17, 15) is 0 Å². The molecule has 0 spiro atoms. The van der Waals surface area contributed by atoms with Crippen molar-refractivity contribution in [2.24, 2.45) is 0 Å². The molecule has 0 aliphatic heterocycles. The zero-order valence-electron chi connectivity index (χ0n) is 6.39. The molecule has 0 N–H and O–H groups in total. The molecule has 0 heterocycles. The summed E-state index contributed by atoms with van der Waals surface area (Å²) in [7, 11) is 0. The molecule has 0 amide bonds. The number of alkyl halides is 1. The Balaban J connectivity index is 2.12. The van der Waals surface area contributed by atoms with E-state index in [0.717, 1.165) is 23.1 Å². The molecule has 1 fully saturated rings. The van der Waals surface area contributed by atoms with Gasteiger partial charge in [-0.2, -0.15) is 0 Å². The second-order valence-corrected chi connectivity index (χ2v) is 4.55. The number of halogens is 2. The number of hydrogen-bond acceptors (Lipinski definition) is 1. The molecule has 1 aromatic carbocycles. The van der Waals surface area contributed by atoms with Gasteiger partial charge < -0.3 is 4.74 Å². The molecule has 0 aromatic heterocycles. The first kappa shape index (κ1) is 8.39. The quantitative estimate of drug-likeness (QED) is 0.726. The Kier molecular flexibility index (Phi) is 2.05. The Labute approximate surface area is 84.8 Å². The van der Waals surface area contributed by atoms with Crippen molar-refractivity contribution in [3.05, 3.63) is 28.7 Å². The van der Waals surface area contributed by atoms with Crippen LogP contribution >= 0.6 is 27.5 Å². The minimum atomic E-state index is -0.402. The third-order valence-corrected chi connectivity index (χ3v) is 2.69. The summed E-state index contributed by atoms with van der Waals surface area (Å²) in [4.78, 5) is 0. The fourth-order valence-electron chi connectivity index (χ4n) is 0.942. The zero-order chi connectivity index (χ0) is 8.60. The number of ether oxygens (including phenoxy) is 1. The Bertz CT molecular complexity index is 296. The summed E-state index contributed by atoms with van der Waals surface area (Å²) < 4.78 is 6.54. The molecule has 1 saturated carbocycles. The summed E-state index contributed by atoms with van der Waals surface area (Å²) in [6.45, 7) is 0. The predicted molar refractivity (Wildman–Crippen MR) is 52.6 cm³/mol. The Morgan fingerprint density at radius 3 is 2.75 bits per heavy atom. The second-order valence-electron chi connectivity index (χ2n) is 2.94. The van der Waals surface area contributed by atoms with Gasteiger partial charge in [0.25, 0.3) is 0 Å². The van der Waals surface area contributed by atoms with Crippen LogP contribution in [0.3, 0.4) is 0 Å². The first-order valence-electron chi connectivity index (χ1n) is 3.81. The van der Waals surface area contributed by atoms with Gasteiger partial charge in [-0.25, -0.2) is 0 Å². The first-order valence-corrected chi connectivity index (χ1v) is 4.99. The minimum absolute atomic E-state index is 0.402. The molecule has 0 radical (unpaired) electrons. The van der Waals surface area contributed by atoms with Gasteiger partial charge in [-0.3, -0.25) is 0 Å². The van der Waals surface area contributed by atoms with E-state index in [0.29, 0.717) is 0 Å². The maximum absolute atomic E-state index is 5.99. The van der Waals surface area contributed by atoms with Crippen LogP contribution in [0.2, 0.25) is 0 Å². The summed E-state index contributed by atoms with van der Waals surface area (Å²) in [6, 6.07) is 7.72. The fraction of sp³-hybridized carbons (Fsp3) is 0.333. The molecule has 1 nitrogen and oxygen atoms in total. The summed E-state index contributed by atoms with van der Waals surface area (Å²) in [5.41, 5.74) is 0. The molecule has 0 bridgehead atoms. The van der Waals surface area contributed by atoms with Crippen LogP contribution < -0.4 is 4.74 Å². The normalized spacial score (nSPS) is 18.8. The van der Waals surface area contributed by atoms with Crippen LogP contribution in [0.25, 0.3) is 0 Å². The Morgan fingerprint density at radius 2 is 2.17 bits per heavy atom. The van der Waals surface area contributed by atoms with Gasteiger partial charge >= 0.3 is 0 Å². The molecular weight excluding hydrogens is 239 g/mol. The van der Waals surface area contributed by atoms with E-state index in [4.69, 9.17) is 16.3 Å². The van der Waals surface area contributed by atoms with Crippen LogP contribution in [0.4, 0.5) is 0 Å². The monoisotopic (exact) mass is 246 g/mol. The molecule has 0 saturated heterocycles. The molecule has 64 valence electrons. The first-order chi connectivity index (χ1) is 5.68. The summed E-state index contributed by atoms with van der Waals surface area (Å²) in [5.74, 6) is 0.830. The second kappa shape index (κ2) is 2.93. The van der Waals surface area contributed by atoms with Gasteiger partial charge in [-0.1, -0.05) is 33.6 Å². The lowest BCUT2D eigenvalue weighted by atomic mass is 10.3. The molecular formula is C9H8BrClO. The SMILES string of the molecule is ClC1(Oc2cccc(Br)c2)CC1. The van der Waals surface area contributed by atoms with Crippen LogP contribution in [-0.4, -0.2) is 5.06 Å². The number of rotatable bonds is 2. The van der Waals surface area contributed by atoms with Crippen molar-refractivity contribution in [3.63, 3.8) is 0 Å². The third-order valence-electron chi connectivity index (χ3n) is 1.74. The molecule has 12 heavy (non-hydrogen) atoms. The van der Waals surface area contributed by atoms with E-state index in [1.165, 1.54) is 0 Å². The van der Waals surface area contributed by atoms with Crippen LogP contribution in [0.15, 0.2) is 28.7 Å². The smallest absolute Gasteiger partial charge is 0.182 e. The van der Waals surface area contributed by atoms with Gasteiger partial charge in [0, 0.05) is 17.3 Å². The molecule has 2 rings (SSSR count). The molecule has 0 atom stereocenters. The van der Waals surface area contributed by atoms with E-state index in [-0.39, 0.29) is 0 Å². The van der Waals surface area contributed by atoms with Gasteiger partial charge in [0.15, 0.2) is 5.06 Å². The van der Waals surface area contributed by atoms with Crippen LogP contribution in [0, 0.1) is 0 Å². The van der Waals surface area contributed by atoms with E-state index in [1.54, 1.807) is 0 Å². The lowest BCUT2D eigenvalue weighted by Crippen LogP contribution is -2.08. The fourth-order valence-corrected chi connectivity index (χ4v) is 1.50. The molecule has 1 aliphatic carbocycles. The summed E-state index contributed by atoms with van der Waals surface area (Å²) in [6.07, 6.45) is 1.89. The molecule has 1 aromatic rings. The van der Waals surface area contributed by atoms with Crippen molar-refractivity contribution >= 4 is 27.5 Å². The lowest BCUT2D eigenvalue weighted by molar-refractivity contribution is 0.264. The van der Waals surface area contributed by atoms with E-state index in [2.05, 4.69) is 15.9 Å². The van der Waals surface area contributed by atoms with E-state index in [1.807, 2.05) is 24.3 Å². The topological polar surface area (TPSA) is 9.23 Å². The Hall–Kier alpha value is -0.210. The highest BCUT2D eigenvalue weighted by Gasteiger charge is 2.43. The number of benzene rings is 1. The molecule has 1 aliphatic rings. The van der Waals surface area contributed by atoms with Crippen molar-refractivity contribution < 1.29 is 4.74 Å². The van der Waals surface area contributed by atoms with Gasteiger partial charge in [0.2, 0.25) is 0 Å². The lowest BCUT2D eigenvalue weighted by Gasteiger charge is -2.10. The van der Waals surface area contributed by atoms with Crippen LogP contribution in [0.1, 0.15) is 12.8 Å². The highest BCUT2D eigenvalue weighted by Crippen LogP contribution is 2.44. The predicted octanol–water partition coefficient (Wildman–Crippen LogP) is 3.56. The Morgan fingerprint density at radius 1 is 1.42 bits per heavy atom.